The van der Waals surface area contributed by atoms with Crippen molar-refractivity contribution in [3.05, 3.63) is 16.1 Å². The Hall–Kier alpha value is -0.410. The van der Waals surface area contributed by atoms with Crippen molar-refractivity contribution >= 4 is 11.3 Å². The Morgan fingerprint density at radius 2 is 2.25 bits per heavy atom. The van der Waals surface area contributed by atoms with Gasteiger partial charge in [-0.1, -0.05) is 19.8 Å². The van der Waals surface area contributed by atoms with Gasteiger partial charge in [-0.25, -0.2) is 4.98 Å². The van der Waals surface area contributed by atoms with Gasteiger partial charge in [0.1, 0.15) is 0 Å². The van der Waals surface area contributed by atoms with E-state index in [0.717, 1.165) is 18.5 Å². The Labute approximate surface area is 102 Å². The maximum absolute atomic E-state index is 4.59. The van der Waals surface area contributed by atoms with Gasteiger partial charge in [-0.15, -0.1) is 11.3 Å². The highest BCUT2D eigenvalue weighted by Crippen LogP contribution is 2.27. The minimum atomic E-state index is 0.723. The molecule has 90 valence electrons. The quantitative estimate of drug-likeness (QED) is 0.871. The van der Waals surface area contributed by atoms with Crippen molar-refractivity contribution in [3.8, 4) is 0 Å². The molecule has 2 nitrogen and oxygen atoms in total. The van der Waals surface area contributed by atoms with Gasteiger partial charge in [-0.05, 0) is 38.6 Å². The molecule has 0 spiro atoms. The molecule has 0 amide bonds. The van der Waals surface area contributed by atoms with Gasteiger partial charge in [-0.2, -0.15) is 0 Å². The molecule has 1 aromatic heterocycles. The molecular formula is C13H22N2S. The Morgan fingerprint density at radius 1 is 1.44 bits per heavy atom. The van der Waals surface area contributed by atoms with Crippen LogP contribution in [0.2, 0.25) is 0 Å². The van der Waals surface area contributed by atoms with Crippen molar-refractivity contribution in [1.82, 2.24) is 10.3 Å². The molecule has 2 atom stereocenters. The maximum Gasteiger partial charge on any atom is 0.0897 e. The first-order valence-corrected chi connectivity index (χ1v) is 7.32. The summed E-state index contributed by atoms with van der Waals surface area (Å²) in [7, 11) is 0. The van der Waals surface area contributed by atoms with Gasteiger partial charge < -0.3 is 5.32 Å². The van der Waals surface area contributed by atoms with Crippen molar-refractivity contribution in [1.29, 1.82) is 0 Å². The standard InChI is InChI=1S/C13H22N2S/c1-3-14-13-7-5-4-6-11(13)8-12-9-16-10(2)15-12/h9,11,13-14H,3-8H2,1-2H3. The molecule has 16 heavy (non-hydrogen) atoms. The fraction of sp³-hybridized carbons (Fsp3) is 0.769. The first-order chi connectivity index (χ1) is 7.79. The summed E-state index contributed by atoms with van der Waals surface area (Å²) < 4.78 is 0. The number of hydrogen-bond acceptors (Lipinski definition) is 3. The van der Waals surface area contributed by atoms with E-state index in [1.807, 2.05) is 0 Å². The summed E-state index contributed by atoms with van der Waals surface area (Å²) in [6, 6.07) is 0.723. The zero-order chi connectivity index (χ0) is 11.4. The highest BCUT2D eigenvalue weighted by molar-refractivity contribution is 7.09. The van der Waals surface area contributed by atoms with Crippen molar-refractivity contribution in [3.63, 3.8) is 0 Å². The number of nitrogens with one attached hydrogen (secondary N) is 1. The fourth-order valence-electron chi connectivity index (χ4n) is 2.75. The number of aromatic nitrogens is 1. The highest BCUT2D eigenvalue weighted by atomic mass is 32.1. The van der Waals surface area contributed by atoms with Crippen LogP contribution in [0.4, 0.5) is 0 Å². The van der Waals surface area contributed by atoms with E-state index in [1.165, 1.54) is 42.8 Å². The van der Waals surface area contributed by atoms with Gasteiger partial charge in [0.05, 0.1) is 10.7 Å². The van der Waals surface area contributed by atoms with Crippen molar-refractivity contribution in [2.45, 2.75) is 52.0 Å². The summed E-state index contributed by atoms with van der Waals surface area (Å²) >= 11 is 1.78. The molecule has 1 N–H and O–H groups in total. The molecule has 2 unspecified atom stereocenters. The predicted molar refractivity (Wildman–Crippen MR) is 70.0 cm³/mol. The van der Waals surface area contributed by atoms with Crippen LogP contribution in [0.1, 0.15) is 43.3 Å². The van der Waals surface area contributed by atoms with Crippen molar-refractivity contribution < 1.29 is 0 Å². The van der Waals surface area contributed by atoms with Gasteiger partial charge in [0, 0.05) is 11.4 Å². The lowest BCUT2D eigenvalue weighted by Gasteiger charge is -2.31. The van der Waals surface area contributed by atoms with Gasteiger partial charge in [0.2, 0.25) is 0 Å². The largest absolute Gasteiger partial charge is 0.314 e. The SMILES string of the molecule is CCNC1CCCCC1Cc1csc(C)n1. The van der Waals surface area contributed by atoms with Crippen molar-refractivity contribution in [2.75, 3.05) is 6.54 Å². The first-order valence-electron chi connectivity index (χ1n) is 6.44. The van der Waals surface area contributed by atoms with E-state index in [-0.39, 0.29) is 0 Å². The summed E-state index contributed by atoms with van der Waals surface area (Å²) in [6.45, 7) is 5.40. The predicted octanol–water partition coefficient (Wildman–Crippen LogP) is 3.16. The summed E-state index contributed by atoms with van der Waals surface area (Å²) in [6.07, 6.45) is 6.68. The molecule has 0 saturated heterocycles. The van der Waals surface area contributed by atoms with Gasteiger partial charge in [-0.3, -0.25) is 0 Å². The molecule has 0 radical (unpaired) electrons. The average Bonchev–Trinajstić information content (AvgIpc) is 2.67. The molecular weight excluding hydrogens is 216 g/mol. The number of nitrogens with zero attached hydrogens (tertiary/aromatic N) is 1. The molecule has 1 aliphatic carbocycles. The second kappa shape index (κ2) is 5.78. The minimum absolute atomic E-state index is 0.723. The second-order valence-corrected chi connectivity index (χ2v) is 5.83. The summed E-state index contributed by atoms with van der Waals surface area (Å²) in [5, 5.41) is 7.07. The van der Waals surface area contributed by atoms with E-state index in [1.54, 1.807) is 11.3 Å². The fourth-order valence-corrected chi connectivity index (χ4v) is 3.38. The Kier molecular flexibility index (Phi) is 4.36. The van der Waals surface area contributed by atoms with Crippen LogP contribution >= 0.6 is 11.3 Å². The van der Waals surface area contributed by atoms with E-state index >= 15 is 0 Å². The number of thiazole rings is 1. The van der Waals surface area contributed by atoms with Gasteiger partial charge in [0.25, 0.3) is 0 Å². The maximum atomic E-state index is 4.59. The van der Waals surface area contributed by atoms with Crippen LogP contribution in [0.15, 0.2) is 5.38 Å². The third kappa shape index (κ3) is 3.05. The zero-order valence-electron chi connectivity index (χ0n) is 10.3. The topological polar surface area (TPSA) is 24.9 Å². The van der Waals surface area contributed by atoms with E-state index < -0.39 is 0 Å². The van der Waals surface area contributed by atoms with Crippen LogP contribution in [0.25, 0.3) is 0 Å². The Bertz CT molecular complexity index is 319. The molecule has 1 aromatic rings. The van der Waals surface area contributed by atoms with Crippen LogP contribution in [-0.2, 0) is 6.42 Å². The third-order valence-electron chi connectivity index (χ3n) is 3.51. The summed E-state index contributed by atoms with van der Waals surface area (Å²) in [4.78, 5) is 4.59. The number of rotatable bonds is 4. The van der Waals surface area contributed by atoms with Gasteiger partial charge in [0.15, 0.2) is 0 Å². The van der Waals surface area contributed by atoms with Crippen LogP contribution < -0.4 is 5.32 Å². The number of aryl methyl sites for hydroxylation is 1. The lowest BCUT2D eigenvalue weighted by Crippen LogP contribution is -2.39. The molecule has 0 aliphatic heterocycles. The molecule has 2 rings (SSSR count). The average molecular weight is 238 g/mol. The summed E-state index contributed by atoms with van der Waals surface area (Å²) in [5.41, 5.74) is 1.30. The van der Waals surface area contributed by atoms with E-state index in [0.29, 0.717) is 0 Å². The molecule has 0 bridgehead atoms. The molecule has 1 fully saturated rings. The molecule has 0 aromatic carbocycles. The second-order valence-electron chi connectivity index (χ2n) is 4.77. The van der Waals surface area contributed by atoms with E-state index in [2.05, 4.69) is 29.5 Å². The molecule has 3 heteroatoms. The van der Waals surface area contributed by atoms with E-state index in [9.17, 15) is 0 Å². The van der Waals surface area contributed by atoms with Crippen molar-refractivity contribution in [2.24, 2.45) is 5.92 Å². The van der Waals surface area contributed by atoms with Crippen LogP contribution in [0, 0.1) is 12.8 Å². The molecule has 1 aliphatic rings. The zero-order valence-corrected chi connectivity index (χ0v) is 11.1. The molecule has 1 heterocycles. The monoisotopic (exact) mass is 238 g/mol. The van der Waals surface area contributed by atoms with Crippen LogP contribution in [0.3, 0.4) is 0 Å². The smallest absolute Gasteiger partial charge is 0.0897 e. The van der Waals surface area contributed by atoms with Crippen LogP contribution in [-0.4, -0.2) is 17.6 Å². The Morgan fingerprint density at radius 3 is 2.94 bits per heavy atom. The Balaban J connectivity index is 1.95. The van der Waals surface area contributed by atoms with Gasteiger partial charge >= 0.3 is 0 Å². The molecule has 1 saturated carbocycles. The lowest BCUT2D eigenvalue weighted by atomic mass is 9.82. The minimum Gasteiger partial charge on any atom is -0.314 e. The van der Waals surface area contributed by atoms with Crippen LogP contribution in [0.5, 0.6) is 0 Å². The normalized spacial score (nSPS) is 25.9. The first kappa shape index (κ1) is 12.1. The third-order valence-corrected chi connectivity index (χ3v) is 4.34. The highest BCUT2D eigenvalue weighted by Gasteiger charge is 2.24. The lowest BCUT2D eigenvalue weighted by molar-refractivity contribution is 0.263. The van der Waals surface area contributed by atoms with E-state index in [4.69, 9.17) is 0 Å². The number of hydrogen-bond donors (Lipinski definition) is 1. The summed E-state index contributed by atoms with van der Waals surface area (Å²) in [5.74, 6) is 0.801.